The zero-order valence-electron chi connectivity index (χ0n) is 11.6. The summed E-state index contributed by atoms with van der Waals surface area (Å²) < 4.78 is 18.8. The normalized spacial score (nSPS) is 18.8. The maximum Gasteiger partial charge on any atom is 0.134 e. The van der Waals surface area contributed by atoms with Crippen molar-refractivity contribution in [3.05, 3.63) is 52.7 Å². The Labute approximate surface area is 127 Å². The van der Waals surface area contributed by atoms with Crippen molar-refractivity contribution >= 4 is 17.4 Å². The molecule has 1 fully saturated rings. The van der Waals surface area contributed by atoms with E-state index in [1.807, 2.05) is 6.92 Å². The van der Waals surface area contributed by atoms with Gasteiger partial charge in [-0.2, -0.15) is 0 Å². The van der Waals surface area contributed by atoms with E-state index in [0.717, 1.165) is 17.9 Å². The van der Waals surface area contributed by atoms with E-state index in [-0.39, 0.29) is 11.9 Å². The molecule has 3 rings (SSSR count). The molecule has 1 atom stereocenters. The van der Waals surface area contributed by atoms with Crippen LogP contribution in [0.25, 0.3) is 0 Å². The zero-order valence-corrected chi connectivity index (χ0v) is 12.3. The van der Waals surface area contributed by atoms with Gasteiger partial charge in [-0.3, -0.25) is 0 Å². The number of anilines is 1. The second-order valence-corrected chi connectivity index (χ2v) is 5.34. The molecular formula is C15H15ClFN3O. The first-order valence-electron chi connectivity index (χ1n) is 6.75. The van der Waals surface area contributed by atoms with Crippen LogP contribution in [0.5, 0.6) is 0 Å². The molecule has 21 heavy (non-hydrogen) atoms. The molecule has 0 bridgehead atoms. The molecule has 1 aromatic heterocycles. The van der Waals surface area contributed by atoms with Crippen molar-refractivity contribution in [1.82, 2.24) is 9.97 Å². The van der Waals surface area contributed by atoms with Crippen molar-refractivity contribution in [3.8, 4) is 0 Å². The standard InChI is InChI=1S/C15H15ClFN3O/c1-10-18-14(16)8-15(19-10)20-6-7-21-13(9-20)11-2-4-12(17)5-3-11/h2-5,8,13H,6-7,9H2,1H3. The van der Waals surface area contributed by atoms with Crippen LogP contribution >= 0.6 is 11.6 Å². The van der Waals surface area contributed by atoms with Gasteiger partial charge in [0.25, 0.3) is 0 Å². The van der Waals surface area contributed by atoms with Crippen LogP contribution in [0.15, 0.2) is 30.3 Å². The van der Waals surface area contributed by atoms with Crippen LogP contribution in [-0.2, 0) is 4.74 Å². The quantitative estimate of drug-likeness (QED) is 0.799. The van der Waals surface area contributed by atoms with E-state index in [9.17, 15) is 4.39 Å². The number of halogens is 2. The molecule has 0 saturated carbocycles. The van der Waals surface area contributed by atoms with Gasteiger partial charge >= 0.3 is 0 Å². The molecule has 1 aromatic carbocycles. The number of hydrogen-bond acceptors (Lipinski definition) is 4. The fraction of sp³-hybridized carbons (Fsp3) is 0.333. The fourth-order valence-electron chi connectivity index (χ4n) is 2.41. The first kappa shape index (κ1) is 14.2. The molecule has 0 radical (unpaired) electrons. The minimum atomic E-state index is -0.246. The lowest BCUT2D eigenvalue weighted by molar-refractivity contribution is 0.0394. The van der Waals surface area contributed by atoms with Crippen molar-refractivity contribution in [3.63, 3.8) is 0 Å². The van der Waals surface area contributed by atoms with Crippen LogP contribution < -0.4 is 4.90 Å². The molecule has 6 heteroatoms. The first-order chi connectivity index (χ1) is 10.1. The molecule has 2 heterocycles. The average molecular weight is 308 g/mol. The highest BCUT2D eigenvalue weighted by atomic mass is 35.5. The van der Waals surface area contributed by atoms with Crippen molar-refractivity contribution in [1.29, 1.82) is 0 Å². The number of nitrogens with zero attached hydrogens (tertiary/aromatic N) is 3. The minimum Gasteiger partial charge on any atom is -0.370 e. The molecule has 1 saturated heterocycles. The highest BCUT2D eigenvalue weighted by Crippen LogP contribution is 2.26. The Morgan fingerprint density at radius 3 is 2.76 bits per heavy atom. The molecule has 0 aliphatic carbocycles. The molecule has 0 N–H and O–H groups in total. The van der Waals surface area contributed by atoms with Crippen LogP contribution in [0.3, 0.4) is 0 Å². The van der Waals surface area contributed by atoms with Gasteiger partial charge < -0.3 is 9.64 Å². The average Bonchev–Trinajstić information content (AvgIpc) is 2.47. The summed E-state index contributed by atoms with van der Waals surface area (Å²) in [4.78, 5) is 10.6. The molecular weight excluding hydrogens is 293 g/mol. The van der Waals surface area contributed by atoms with Crippen molar-refractivity contribution in [2.24, 2.45) is 0 Å². The Morgan fingerprint density at radius 2 is 2.05 bits per heavy atom. The highest BCUT2D eigenvalue weighted by Gasteiger charge is 2.23. The number of ether oxygens (including phenoxy) is 1. The van der Waals surface area contributed by atoms with Gasteiger partial charge in [-0.1, -0.05) is 23.7 Å². The van der Waals surface area contributed by atoms with E-state index >= 15 is 0 Å². The predicted molar refractivity (Wildman–Crippen MR) is 79.1 cm³/mol. The third-order valence-electron chi connectivity index (χ3n) is 3.43. The molecule has 1 aliphatic rings. The lowest BCUT2D eigenvalue weighted by Gasteiger charge is -2.34. The van der Waals surface area contributed by atoms with Crippen molar-refractivity contribution in [2.75, 3.05) is 24.6 Å². The SMILES string of the molecule is Cc1nc(Cl)cc(N2CCOC(c3ccc(F)cc3)C2)n1. The molecule has 0 amide bonds. The van der Waals surface area contributed by atoms with E-state index in [0.29, 0.717) is 24.1 Å². The third kappa shape index (κ3) is 3.31. The van der Waals surface area contributed by atoms with E-state index in [4.69, 9.17) is 16.3 Å². The zero-order chi connectivity index (χ0) is 14.8. The Kier molecular flexibility index (Phi) is 4.03. The maximum absolute atomic E-state index is 13.0. The molecule has 2 aromatic rings. The lowest BCUT2D eigenvalue weighted by Crippen LogP contribution is -2.39. The summed E-state index contributed by atoms with van der Waals surface area (Å²) >= 11 is 5.99. The Morgan fingerprint density at radius 1 is 1.29 bits per heavy atom. The lowest BCUT2D eigenvalue weighted by atomic mass is 10.1. The monoisotopic (exact) mass is 307 g/mol. The van der Waals surface area contributed by atoms with Gasteiger partial charge in [0.2, 0.25) is 0 Å². The smallest absolute Gasteiger partial charge is 0.134 e. The number of rotatable bonds is 2. The molecule has 4 nitrogen and oxygen atoms in total. The minimum absolute atomic E-state index is 0.103. The van der Waals surface area contributed by atoms with Gasteiger partial charge in [0.15, 0.2) is 0 Å². The van der Waals surface area contributed by atoms with E-state index in [1.54, 1.807) is 18.2 Å². The summed E-state index contributed by atoms with van der Waals surface area (Å²) in [5, 5.41) is 0.433. The van der Waals surface area contributed by atoms with Gasteiger partial charge in [0.1, 0.15) is 28.7 Å². The van der Waals surface area contributed by atoms with Crippen molar-refractivity contribution in [2.45, 2.75) is 13.0 Å². The van der Waals surface area contributed by atoms with Gasteiger partial charge in [0, 0.05) is 19.2 Å². The first-order valence-corrected chi connectivity index (χ1v) is 7.13. The molecule has 110 valence electrons. The van der Waals surface area contributed by atoms with Crippen LogP contribution in [-0.4, -0.2) is 29.7 Å². The van der Waals surface area contributed by atoms with Gasteiger partial charge in [-0.25, -0.2) is 14.4 Å². The summed E-state index contributed by atoms with van der Waals surface area (Å²) in [5.74, 6) is 1.19. The molecule has 0 spiro atoms. The van der Waals surface area contributed by atoms with Gasteiger partial charge in [-0.15, -0.1) is 0 Å². The predicted octanol–water partition coefficient (Wildman–Crippen LogP) is 3.16. The summed E-state index contributed by atoms with van der Waals surface area (Å²) in [6, 6.07) is 8.15. The van der Waals surface area contributed by atoms with E-state index in [1.165, 1.54) is 12.1 Å². The number of morpholine rings is 1. The van der Waals surface area contributed by atoms with Crippen LogP contribution in [0.2, 0.25) is 5.15 Å². The number of hydrogen-bond donors (Lipinski definition) is 0. The third-order valence-corrected chi connectivity index (χ3v) is 3.62. The number of benzene rings is 1. The Balaban J connectivity index is 1.80. The number of aromatic nitrogens is 2. The number of aryl methyl sites for hydroxylation is 1. The Hall–Kier alpha value is -1.72. The molecule has 1 aliphatic heterocycles. The second-order valence-electron chi connectivity index (χ2n) is 4.95. The van der Waals surface area contributed by atoms with Crippen molar-refractivity contribution < 1.29 is 9.13 Å². The molecule has 1 unspecified atom stereocenters. The van der Waals surface area contributed by atoms with Crippen LogP contribution in [0.4, 0.5) is 10.2 Å². The fourth-order valence-corrected chi connectivity index (χ4v) is 2.63. The summed E-state index contributed by atoms with van der Waals surface area (Å²) in [7, 11) is 0. The van der Waals surface area contributed by atoms with Crippen LogP contribution in [0, 0.1) is 12.7 Å². The topological polar surface area (TPSA) is 38.2 Å². The second kappa shape index (κ2) is 5.95. The van der Waals surface area contributed by atoms with E-state index < -0.39 is 0 Å². The van der Waals surface area contributed by atoms with E-state index in [2.05, 4.69) is 14.9 Å². The van der Waals surface area contributed by atoms with Gasteiger partial charge in [0.05, 0.1) is 6.61 Å². The van der Waals surface area contributed by atoms with Gasteiger partial charge in [-0.05, 0) is 24.6 Å². The summed E-state index contributed by atoms with van der Waals surface area (Å²) in [6.45, 7) is 3.79. The summed E-state index contributed by atoms with van der Waals surface area (Å²) in [5.41, 5.74) is 0.956. The Bertz CT molecular complexity index is 615. The van der Waals surface area contributed by atoms with Crippen LogP contribution in [0.1, 0.15) is 17.5 Å². The largest absolute Gasteiger partial charge is 0.370 e. The highest BCUT2D eigenvalue weighted by molar-refractivity contribution is 6.29. The summed E-state index contributed by atoms with van der Waals surface area (Å²) in [6.07, 6.45) is -0.103. The maximum atomic E-state index is 13.0.